The van der Waals surface area contributed by atoms with Gasteiger partial charge >= 0.3 is 0 Å². The van der Waals surface area contributed by atoms with Gasteiger partial charge in [0.1, 0.15) is 6.10 Å². The zero-order valence-corrected chi connectivity index (χ0v) is 18.6. The summed E-state index contributed by atoms with van der Waals surface area (Å²) in [7, 11) is 4.05. The van der Waals surface area contributed by atoms with E-state index in [0.29, 0.717) is 6.04 Å². The molecular formula is C18H34IN5O2. The Kier molecular flexibility index (Phi) is 8.41. The van der Waals surface area contributed by atoms with E-state index in [1.54, 1.807) is 0 Å². The Hall–Kier alpha value is -0.610. The largest absolute Gasteiger partial charge is 0.368 e. The van der Waals surface area contributed by atoms with Crippen molar-refractivity contribution in [1.82, 2.24) is 20.0 Å². The van der Waals surface area contributed by atoms with Gasteiger partial charge in [0.25, 0.3) is 5.91 Å². The van der Waals surface area contributed by atoms with Gasteiger partial charge < -0.3 is 19.9 Å². The predicted octanol–water partition coefficient (Wildman–Crippen LogP) is 0.986. The van der Waals surface area contributed by atoms with Crippen LogP contribution in [0.2, 0.25) is 0 Å². The number of hydrogen-bond acceptors (Lipinski definition) is 4. The molecule has 1 aliphatic carbocycles. The van der Waals surface area contributed by atoms with E-state index in [0.717, 1.165) is 64.2 Å². The first-order chi connectivity index (χ1) is 12.1. The first-order valence-corrected chi connectivity index (χ1v) is 9.68. The molecule has 3 aliphatic rings. The molecule has 2 unspecified atom stereocenters. The third-order valence-corrected chi connectivity index (χ3v) is 5.68. The second kappa shape index (κ2) is 10.1. The first kappa shape index (κ1) is 21.7. The molecule has 0 bridgehead atoms. The van der Waals surface area contributed by atoms with Crippen LogP contribution >= 0.6 is 24.0 Å². The number of carbonyl (C=O) groups is 1. The molecule has 1 saturated carbocycles. The van der Waals surface area contributed by atoms with Crippen molar-refractivity contribution in [2.45, 2.75) is 50.8 Å². The van der Waals surface area contributed by atoms with E-state index in [1.165, 1.54) is 12.8 Å². The van der Waals surface area contributed by atoms with Crippen LogP contribution in [0.1, 0.15) is 32.6 Å². The second-order valence-electron chi connectivity index (χ2n) is 7.49. The van der Waals surface area contributed by atoms with Crippen LogP contribution in [0.15, 0.2) is 4.99 Å². The van der Waals surface area contributed by atoms with E-state index in [2.05, 4.69) is 34.1 Å². The smallest absolute Gasteiger partial charge is 0.251 e. The minimum Gasteiger partial charge on any atom is -0.368 e. The van der Waals surface area contributed by atoms with Crippen LogP contribution in [0, 0.1) is 0 Å². The van der Waals surface area contributed by atoms with Gasteiger partial charge in [-0.1, -0.05) is 0 Å². The second-order valence-corrected chi connectivity index (χ2v) is 7.49. The maximum absolute atomic E-state index is 12.4. The molecule has 0 aromatic rings. The number of carbonyl (C=O) groups excluding carboxylic acids is 1. The molecule has 2 atom stereocenters. The van der Waals surface area contributed by atoms with Crippen LogP contribution in [0.4, 0.5) is 0 Å². The monoisotopic (exact) mass is 479 g/mol. The van der Waals surface area contributed by atoms with E-state index in [4.69, 9.17) is 4.74 Å². The number of nitrogens with zero attached hydrogens (tertiary/aromatic N) is 4. The number of amides is 1. The van der Waals surface area contributed by atoms with Gasteiger partial charge in [-0.3, -0.25) is 14.7 Å². The summed E-state index contributed by atoms with van der Waals surface area (Å²) in [6.07, 6.45) is 4.32. The van der Waals surface area contributed by atoms with E-state index < -0.39 is 0 Å². The first-order valence-electron chi connectivity index (χ1n) is 9.68. The van der Waals surface area contributed by atoms with Crippen LogP contribution in [0.5, 0.6) is 0 Å². The number of nitrogens with one attached hydrogen (secondary N) is 1. The normalized spacial score (nSPS) is 25.2. The van der Waals surface area contributed by atoms with E-state index in [1.807, 2.05) is 11.9 Å². The molecule has 150 valence electrons. The minimum absolute atomic E-state index is 0. The number of guanidine groups is 1. The van der Waals surface area contributed by atoms with Crippen molar-refractivity contribution < 1.29 is 9.53 Å². The van der Waals surface area contributed by atoms with Crippen LogP contribution in [-0.4, -0.2) is 98.2 Å². The van der Waals surface area contributed by atoms with Gasteiger partial charge in [0, 0.05) is 58.5 Å². The van der Waals surface area contributed by atoms with E-state index in [-0.39, 0.29) is 36.0 Å². The third kappa shape index (κ3) is 5.45. The molecule has 3 rings (SSSR count). The summed E-state index contributed by atoms with van der Waals surface area (Å²) in [4.78, 5) is 23.5. The molecule has 0 radical (unpaired) electrons. The quantitative estimate of drug-likeness (QED) is 0.362. The lowest BCUT2D eigenvalue weighted by atomic mass is 10.2. The van der Waals surface area contributed by atoms with Gasteiger partial charge in [0.05, 0.1) is 0 Å². The number of aliphatic imine (C=N–C) groups is 1. The van der Waals surface area contributed by atoms with Crippen LogP contribution in [0.3, 0.4) is 0 Å². The topological polar surface area (TPSA) is 60.4 Å². The van der Waals surface area contributed by atoms with E-state index >= 15 is 0 Å². The molecule has 0 aromatic carbocycles. The fourth-order valence-corrected chi connectivity index (χ4v) is 3.67. The van der Waals surface area contributed by atoms with Crippen LogP contribution < -0.4 is 5.32 Å². The SMILES string of the molecule is CN=C(NCC(C)N(C)C1CC1)N1CCN(C(=O)C2CCCO2)CC1.I. The Morgan fingerprint density at radius 2 is 1.88 bits per heavy atom. The van der Waals surface area contributed by atoms with Gasteiger partial charge in [0.15, 0.2) is 5.96 Å². The lowest BCUT2D eigenvalue weighted by Crippen LogP contribution is -2.56. The van der Waals surface area contributed by atoms with Crippen molar-refractivity contribution in [3.05, 3.63) is 0 Å². The maximum atomic E-state index is 12.4. The van der Waals surface area contributed by atoms with Crippen molar-refractivity contribution in [3.8, 4) is 0 Å². The Balaban J connectivity index is 0.00000243. The molecule has 26 heavy (non-hydrogen) atoms. The lowest BCUT2D eigenvalue weighted by molar-refractivity contribution is -0.142. The van der Waals surface area contributed by atoms with Crippen molar-refractivity contribution in [3.63, 3.8) is 0 Å². The summed E-state index contributed by atoms with van der Waals surface area (Å²) < 4.78 is 5.53. The van der Waals surface area contributed by atoms with Crippen molar-refractivity contribution in [2.75, 3.05) is 53.4 Å². The van der Waals surface area contributed by atoms with Crippen molar-refractivity contribution in [2.24, 2.45) is 4.99 Å². The lowest BCUT2D eigenvalue weighted by Gasteiger charge is -2.37. The number of likely N-dealkylation sites (N-methyl/N-ethyl adjacent to an activating group) is 1. The number of rotatable bonds is 5. The Labute approximate surface area is 174 Å². The minimum atomic E-state index is -0.206. The van der Waals surface area contributed by atoms with Crippen molar-refractivity contribution in [1.29, 1.82) is 0 Å². The third-order valence-electron chi connectivity index (χ3n) is 5.68. The molecule has 1 amide bonds. The molecule has 1 N–H and O–H groups in total. The summed E-state index contributed by atoms with van der Waals surface area (Å²) >= 11 is 0. The summed E-state index contributed by atoms with van der Waals surface area (Å²) in [6.45, 7) is 7.02. The molecule has 0 aromatic heterocycles. The average molecular weight is 479 g/mol. The predicted molar refractivity (Wildman–Crippen MR) is 114 cm³/mol. The molecular weight excluding hydrogens is 445 g/mol. The number of ether oxygens (including phenoxy) is 1. The summed E-state index contributed by atoms with van der Waals surface area (Å²) in [5.74, 6) is 1.11. The molecule has 7 nitrogen and oxygen atoms in total. The standard InChI is InChI=1S/C18H33N5O2.HI/c1-14(21(3)15-6-7-15)13-20-18(19-2)23-10-8-22(9-11-23)17(24)16-5-4-12-25-16;/h14-16H,4-13H2,1-3H3,(H,19,20);1H. The van der Waals surface area contributed by atoms with Crippen LogP contribution in [-0.2, 0) is 9.53 Å². The van der Waals surface area contributed by atoms with E-state index in [9.17, 15) is 4.79 Å². The van der Waals surface area contributed by atoms with Crippen LogP contribution in [0.25, 0.3) is 0 Å². The fourth-order valence-electron chi connectivity index (χ4n) is 3.67. The van der Waals surface area contributed by atoms with Gasteiger partial charge in [-0.2, -0.15) is 0 Å². The molecule has 2 heterocycles. The molecule has 2 saturated heterocycles. The Morgan fingerprint density at radius 3 is 2.42 bits per heavy atom. The number of hydrogen-bond donors (Lipinski definition) is 1. The molecule has 2 aliphatic heterocycles. The summed E-state index contributed by atoms with van der Waals surface area (Å²) in [5, 5.41) is 3.51. The molecule has 8 heteroatoms. The highest BCUT2D eigenvalue weighted by Crippen LogP contribution is 2.26. The average Bonchev–Trinajstić information content (AvgIpc) is 3.35. The highest BCUT2D eigenvalue weighted by molar-refractivity contribution is 14.0. The number of halogens is 1. The zero-order chi connectivity index (χ0) is 17.8. The fraction of sp³-hybridized carbons (Fsp3) is 0.889. The zero-order valence-electron chi connectivity index (χ0n) is 16.3. The van der Waals surface area contributed by atoms with Gasteiger partial charge in [0.2, 0.25) is 0 Å². The summed E-state index contributed by atoms with van der Waals surface area (Å²) in [6, 6.07) is 1.26. The molecule has 3 fully saturated rings. The van der Waals surface area contributed by atoms with Gasteiger partial charge in [-0.25, -0.2) is 0 Å². The Morgan fingerprint density at radius 1 is 1.23 bits per heavy atom. The highest BCUT2D eigenvalue weighted by Gasteiger charge is 2.31. The highest BCUT2D eigenvalue weighted by atomic mass is 127. The molecule has 0 spiro atoms. The summed E-state index contributed by atoms with van der Waals surface area (Å²) in [5.41, 5.74) is 0. The maximum Gasteiger partial charge on any atom is 0.251 e. The Bertz CT molecular complexity index is 486. The van der Waals surface area contributed by atoms with Gasteiger partial charge in [-0.05, 0) is 39.7 Å². The van der Waals surface area contributed by atoms with Crippen molar-refractivity contribution >= 4 is 35.8 Å². The van der Waals surface area contributed by atoms with Gasteiger partial charge in [-0.15, -0.1) is 24.0 Å². The number of piperazine rings is 1.